The quantitative estimate of drug-likeness (QED) is 0.495. The first-order chi connectivity index (χ1) is 6.79. The van der Waals surface area contributed by atoms with Crippen molar-refractivity contribution in [3.8, 4) is 0 Å². The third-order valence-electron chi connectivity index (χ3n) is 1.43. The Kier molecular flexibility index (Phi) is 12.6. The normalized spacial score (nSPS) is 11.1. The highest BCUT2D eigenvalue weighted by Crippen LogP contribution is 2.09. The van der Waals surface area contributed by atoms with Crippen LogP contribution >= 0.6 is 0 Å². The lowest BCUT2D eigenvalue weighted by Crippen LogP contribution is -1.86. The molecule has 0 aromatic heterocycles. The molecule has 0 fully saturated rings. The van der Waals surface area contributed by atoms with Crippen LogP contribution in [-0.2, 0) is 0 Å². The Morgan fingerprint density at radius 3 is 2.07 bits per heavy atom. The molecule has 14 heavy (non-hydrogen) atoms. The molecule has 0 aliphatic rings. The van der Waals surface area contributed by atoms with E-state index < -0.39 is 0 Å². The Morgan fingerprint density at radius 2 is 1.79 bits per heavy atom. The van der Waals surface area contributed by atoms with E-state index in [1.54, 1.807) is 12.2 Å². The van der Waals surface area contributed by atoms with Gasteiger partial charge in [-0.15, -0.1) is 0 Å². The van der Waals surface area contributed by atoms with E-state index in [1.807, 2.05) is 32.9 Å². The van der Waals surface area contributed by atoms with Gasteiger partial charge in [-0.2, -0.15) is 0 Å². The number of allylic oxidation sites excluding steroid dienone is 6. The largest absolute Gasteiger partial charge is 0.308 e. The van der Waals surface area contributed by atoms with E-state index in [1.165, 1.54) is 6.21 Å². The minimum absolute atomic E-state index is 0.896. The van der Waals surface area contributed by atoms with Gasteiger partial charge in [0.25, 0.3) is 0 Å². The molecule has 78 valence electrons. The van der Waals surface area contributed by atoms with Crippen molar-refractivity contribution in [2.24, 2.45) is 0 Å². The topological polar surface area (TPSA) is 23.9 Å². The Balaban J connectivity index is 0. The lowest BCUT2D eigenvalue weighted by atomic mass is 10.1. The predicted molar refractivity (Wildman–Crippen MR) is 67.0 cm³/mol. The molecule has 1 nitrogen and oxygen atoms in total. The fraction of sp³-hybridized carbons (Fsp3) is 0.308. The van der Waals surface area contributed by atoms with Crippen molar-refractivity contribution >= 4 is 6.21 Å². The molecule has 0 bridgehead atoms. The molecule has 0 aromatic carbocycles. The van der Waals surface area contributed by atoms with E-state index in [4.69, 9.17) is 5.41 Å². The number of rotatable bonds is 5. The van der Waals surface area contributed by atoms with Crippen LogP contribution in [0.25, 0.3) is 0 Å². The average Bonchev–Trinajstić information content (AvgIpc) is 2.26. The molecule has 1 heteroatoms. The van der Waals surface area contributed by atoms with Gasteiger partial charge in [0.1, 0.15) is 0 Å². The van der Waals surface area contributed by atoms with Gasteiger partial charge < -0.3 is 5.41 Å². The molecule has 0 atom stereocenters. The average molecular weight is 191 g/mol. The summed E-state index contributed by atoms with van der Waals surface area (Å²) in [4.78, 5) is 0. The minimum Gasteiger partial charge on any atom is -0.308 e. The number of nitrogens with one attached hydrogen (secondary N) is 1. The summed E-state index contributed by atoms with van der Waals surface area (Å²) in [7, 11) is 0. The number of hydrogen-bond donors (Lipinski definition) is 1. The monoisotopic (exact) mass is 191 g/mol. The zero-order valence-corrected chi connectivity index (χ0v) is 9.51. The molecule has 0 rings (SSSR count). The molecular weight excluding hydrogens is 170 g/mol. The Labute approximate surface area is 88.1 Å². The van der Waals surface area contributed by atoms with E-state index >= 15 is 0 Å². The number of hydrogen-bond acceptors (Lipinski definition) is 1. The second-order valence-corrected chi connectivity index (χ2v) is 2.27. The molecule has 0 aromatic rings. The van der Waals surface area contributed by atoms with Crippen molar-refractivity contribution in [1.82, 2.24) is 0 Å². The molecule has 0 aliphatic heterocycles. The molecule has 0 spiro atoms. The summed E-state index contributed by atoms with van der Waals surface area (Å²) in [5.74, 6) is 0. The van der Waals surface area contributed by atoms with Crippen LogP contribution in [0, 0.1) is 5.41 Å². The summed E-state index contributed by atoms with van der Waals surface area (Å²) in [6.45, 7) is 13.3. The van der Waals surface area contributed by atoms with Crippen LogP contribution in [0.15, 0.2) is 48.6 Å². The minimum atomic E-state index is 0.896. The van der Waals surface area contributed by atoms with Gasteiger partial charge in [-0.05, 0) is 17.6 Å². The van der Waals surface area contributed by atoms with Crippen LogP contribution in [-0.4, -0.2) is 6.21 Å². The smallest absolute Gasteiger partial charge is 0.0253 e. The van der Waals surface area contributed by atoms with Crippen molar-refractivity contribution < 1.29 is 0 Å². The molecule has 1 N–H and O–H groups in total. The molecule has 0 unspecified atom stereocenters. The van der Waals surface area contributed by atoms with Gasteiger partial charge in [0.15, 0.2) is 0 Å². The van der Waals surface area contributed by atoms with Gasteiger partial charge in [-0.25, -0.2) is 0 Å². The Hall–Kier alpha value is -1.37. The first-order valence-corrected chi connectivity index (χ1v) is 4.96. The zero-order chi connectivity index (χ0) is 11.4. The van der Waals surface area contributed by atoms with Crippen LogP contribution < -0.4 is 0 Å². The fourth-order valence-electron chi connectivity index (χ4n) is 0.889. The van der Waals surface area contributed by atoms with Crippen LogP contribution in [0.4, 0.5) is 0 Å². The lowest BCUT2D eigenvalue weighted by molar-refractivity contribution is 1.21. The lowest BCUT2D eigenvalue weighted by Gasteiger charge is -1.99. The van der Waals surface area contributed by atoms with E-state index in [0.717, 1.165) is 17.6 Å². The van der Waals surface area contributed by atoms with Gasteiger partial charge in [0, 0.05) is 6.21 Å². The first kappa shape index (κ1) is 15.1. The SMILES string of the molecule is C=C/C=C(C=C)\C(C=N)=C/CC.CC. The van der Waals surface area contributed by atoms with Gasteiger partial charge in [-0.3, -0.25) is 0 Å². The van der Waals surface area contributed by atoms with Gasteiger partial charge >= 0.3 is 0 Å². The summed E-state index contributed by atoms with van der Waals surface area (Å²) in [6.07, 6.45) is 9.52. The maximum atomic E-state index is 7.16. The summed E-state index contributed by atoms with van der Waals surface area (Å²) in [6, 6.07) is 0. The first-order valence-electron chi connectivity index (χ1n) is 4.96. The van der Waals surface area contributed by atoms with E-state index in [2.05, 4.69) is 13.2 Å². The maximum Gasteiger partial charge on any atom is 0.0253 e. The molecule has 0 saturated carbocycles. The molecule has 0 heterocycles. The highest BCUT2D eigenvalue weighted by atomic mass is 14.3. The predicted octanol–water partition coefficient (Wildman–Crippen LogP) is 4.30. The van der Waals surface area contributed by atoms with E-state index in [0.29, 0.717) is 0 Å². The highest BCUT2D eigenvalue weighted by molar-refractivity contribution is 5.83. The van der Waals surface area contributed by atoms with Crippen molar-refractivity contribution in [2.45, 2.75) is 27.2 Å². The van der Waals surface area contributed by atoms with Crippen LogP contribution in [0.3, 0.4) is 0 Å². The third-order valence-corrected chi connectivity index (χ3v) is 1.43. The molecule has 0 saturated heterocycles. The second kappa shape index (κ2) is 11.6. The van der Waals surface area contributed by atoms with Crippen LogP contribution in [0.2, 0.25) is 0 Å². The van der Waals surface area contributed by atoms with Gasteiger partial charge in [0.2, 0.25) is 0 Å². The Bertz CT molecular complexity index is 232. The second-order valence-electron chi connectivity index (χ2n) is 2.27. The highest BCUT2D eigenvalue weighted by Gasteiger charge is 1.94. The summed E-state index contributed by atoms with van der Waals surface area (Å²) in [5, 5.41) is 7.16. The standard InChI is InChI=1S/C11H15N.C2H6/c1-4-7-10(6-3)11(9-12)8-5-2;1-2/h4,6-9,12H,1,3,5H2,2H3;1-2H3/b10-7-,11-8-,12-9?;. The fourth-order valence-corrected chi connectivity index (χ4v) is 0.889. The van der Waals surface area contributed by atoms with Crippen molar-refractivity contribution in [1.29, 1.82) is 5.41 Å². The summed E-state index contributed by atoms with van der Waals surface area (Å²) in [5.41, 5.74) is 1.84. The third kappa shape index (κ3) is 6.18. The van der Waals surface area contributed by atoms with Gasteiger partial charge in [-0.1, -0.05) is 58.2 Å². The van der Waals surface area contributed by atoms with E-state index in [-0.39, 0.29) is 0 Å². The van der Waals surface area contributed by atoms with Crippen LogP contribution in [0.5, 0.6) is 0 Å². The Morgan fingerprint density at radius 1 is 1.21 bits per heavy atom. The molecular formula is C13H21N. The van der Waals surface area contributed by atoms with Crippen molar-refractivity contribution in [2.75, 3.05) is 0 Å². The van der Waals surface area contributed by atoms with Crippen LogP contribution in [0.1, 0.15) is 27.2 Å². The summed E-state index contributed by atoms with van der Waals surface area (Å²) >= 11 is 0. The zero-order valence-electron chi connectivity index (χ0n) is 9.51. The molecule has 0 radical (unpaired) electrons. The van der Waals surface area contributed by atoms with Gasteiger partial charge in [0.05, 0.1) is 0 Å². The van der Waals surface area contributed by atoms with Crippen molar-refractivity contribution in [3.63, 3.8) is 0 Å². The van der Waals surface area contributed by atoms with E-state index in [9.17, 15) is 0 Å². The van der Waals surface area contributed by atoms with Crippen molar-refractivity contribution in [3.05, 3.63) is 48.6 Å². The molecule has 0 amide bonds. The maximum absolute atomic E-state index is 7.16. The summed E-state index contributed by atoms with van der Waals surface area (Å²) < 4.78 is 0. The molecule has 0 aliphatic carbocycles.